The number of nitrogens with zero attached hydrogens (tertiary/aromatic N) is 1. The molecule has 0 fully saturated rings. The van der Waals surface area contributed by atoms with Gasteiger partial charge >= 0.3 is 5.97 Å². The fraction of sp³-hybridized carbons (Fsp3) is 0.125. The first-order valence-electron chi connectivity index (χ1n) is 3.88. The van der Waals surface area contributed by atoms with Gasteiger partial charge in [-0.05, 0) is 6.07 Å². The molecule has 0 aliphatic heterocycles. The summed E-state index contributed by atoms with van der Waals surface area (Å²) >= 11 is 6.02. The topological polar surface area (TPSA) is 101 Å². The van der Waals surface area contributed by atoms with Crippen molar-refractivity contribution in [1.29, 1.82) is 0 Å². The van der Waals surface area contributed by atoms with Crippen LogP contribution < -0.4 is 0 Å². The van der Waals surface area contributed by atoms with E-state index < -0.39 is 22.7 Å². The summed E-state index contributed by atoms with van der Waals surface area (Å²) in [4.78, 5) is 20.6. The predicted molar refractivity (Wildman–Crippen MR) is 61.1 cm³/mol. The minimum atomic E-state index is -1.94. The van der Waals surface area contributed by atoms with Gasteiger partial charge in [-0.2, -0.15) is 0 Å². The third-order valence-electron chi connectivity index (χ3n) is 1.78. The highest BCUT2D eigenvalue weighted by Gasteiger charge is 2.28. The van der Waals surface area contributed by atoms with Gasteiger partial charge in [-0.1, -0.05) is 31.9 Å². The van der Waals surface area contributed by atoms with Crippen molar-refractivity contribution in [3.05, 3.63) is 36.8 Å². The van der Waals surface area contributed by atoms with Crippen molar-refractivity contribution in [3.8, 4) is 0 Å². The van der Waals surface area contributed by atoms with Crippen molar-refractivity contribution in [3.63, 3.8) is 0 Å². The predicted octanol–water partition coefficient (Wildman–Crippen LogP) is 2.24. The lowest BCUT2D eigenvalue weighted by atomic mass is 10.1. The molecule has 0 radical (unpaired) electrons. The monoisotopic (exact) mass is 353 g/mol. The van der Waals surface area contributed by atoms with Crippen LogP contribution in [0.4, 0.5) is 5.69 Å². The maximum absolute atomic E-state index is 10.7. The number of carboxylic acid groups (broad SMARTS) is 1. The van der Waals surface area contributed by atoms with Crippen LogP contribution in [0.25, 0.3) is 0 Å². The molecule has 0 heterocycles. The highest BCUT2D eigenvalue weighted by molar-refractivity contribution is 9.11. The maximum Gasteiger partial charge on any atom is 0.337 e. The number of hydrogen-bond donors (Lipinski definition) is 2. The Morgan fingerprint density at radius 3 is 2.44 bits per heavy atom. The van der Waals surface area contributed by atoms with E-state index in [9.17, 15) is 20.0 Å². The summed E-state index contributed by atoms with van der Waals surface area (Å²) in [7, 11) is 0. The highest BCUT2D eigenvalue weighted by atomic mass is 79.9. The molecule has 0 bridgehead atoms. The van der Waals surface area contributed by atoms with Crippen LogP contribution in [0.3, 0.4) is 0 Å². The van der Waals surface area contributed by atoms with Crippen molar-refractivity contribution in [2.75, 3.05) is 0 Å². The third kappa shape index (κ3) is 2.57. The lowest BCUT2D eigenvalue weighted by Gasteiger charge is -2.09. The Morgan fingerprint density at radius 2 is 2.00 bits per heavy atom. The first-order valence-corrected chi connectivity index (χ1v) is 5.47. The summed E-state index contributed by atoms with van der Waals surface area (Å²) in [6.07, 6.45) is -1.94. The second kappa shape index (κ2) is 4.89. The van der Waals surface area contributed by atoms with Crippen molar-refractivity contribution >= 4 is 43.5 Å². The molecule has 0 saturated carbocycles. The fourth-order valence-electron chi connectivity index (χ4n) is 1.12. The number of hydrogen-bond acceptors (Lipinski definition) is 4. The summed E-state index contributed by atoms with van der Waals surface area (Å²) in [5.74, 6) is -1.55. The lowest BCUT2D eigenvalue weighted by Crippen LogP contribution is -2.13. The smallest absolute Gasteiger partial charge is 0.337 e. The molecule has 1 aromatic carbocycles. The number of nitro groups is 1. The fourth-order valence-corrected chi connectivity index (χ4v) is 2.54. The van der Waals surface area contributed by atoms with Crippen LogP contribution in [0.5, 0.6) is 0 Å². The first kappa shape index (κ1) is 13.1. The largest absolute Gasteiger partial charge is 0.479 e. The zero-order valence-electron chi connectivity index (χ0n) is 7.55. The van der Waals surface area contributed by atoms with E-state index in [0.29, 0.717) is 4.47 Å². The highest BCUT2D eigenvalue weighted by Crippen LogP contribution is 2.35. The molecule has 2 N–H and O–H groups in total. The second-order valence-corrected chi connectivity index (χ2v) is 4.59. The van der Waals surface area contributed by atoms with Crippen molar-refractivity contribution in [1.82, 2.24) is 0 Å². The van der Waals surface area contributed by atoms with Crippen molar-refractivity contribution in [2.45, 2.75) is 6.10 Å². The van der Waals surface area contributed by atoms with E-state index in [1.165, 1.54) is 6.07 Å². The van der Waals surface area contributed by atoms with Crippen LogP contribution >= 0.6 is 31.9 Å². The molecule has 16 heavy (non-hydrogen) atoms. The molecule has 0 saturated heterocycles. The molecule has 6 nitrogen and oxygen atoms in total. The van der Waals surface area contributed by atoms with Crippen LogP contribution in [-0.4, -0.2) is 21.1 Å². The number of aliphatic carboxylic acids is 1. The Hall–Kier alpha value is -0.990. The van der Waals surface area contributed by atoms with Gasteiger partial charge in [0.1, 0.15) is 0 Å². The van der Waals surface area contributed by atoms with Gasteiger partial charge in [0.15, 0.2) is 6.10 Å². The molecule has 1 unspecified atom stereocenters. The Labute approximate surface area is 106 Å². The Kier molecular flexibility index (Phi) is 4.00. The molecule has 8 heteroatoms. The molecule has 0 aliphatic rings. The minimum Gasteiger partial charge on any atom is -0.479 e. The molecule has 0 amide bonds. The number of benzene rings is 1. The van der Waals surface area contributed by atoms with E-state index in [2.05, 4.69) is 31.9 Å². The van der Waals surface area contributed by atoms with Gasteiger partial charge in [-0.25, -0.2) is 4.79 Å². The van der Waals surface area contributed by atoms with E-state index in [0.717, 1.165) is 6.07 Å². The Balaban J connectivity index is 3.46. The van der Waals surface area contributed by atoms with Crippen LogP contribution in [0.2, 0.25) is 0 Å². The molecular weight excluding hydrogens is 350 g/mol. The van der Waals surface area contributed by atoms with Crippen LogP contribution in [0, 0.1) is 10.1 Å². The molecular formula is C8H5Br2NO5. The summed E-state index contributed by atoms with van der Waals surface area (Å²) < 4.78 is 0.566. The summed E-state index contributed by atoms with van der Waals surface area (Å²) in [6, 6.07) is 2.56. The maximum atomic E-state index is 10.7. The number of nitro benzene ring substituents is 1. The molecule has 1 aromatic rings. The van der Waals surface area contributed by atoms with Gasteiger partial charge in [0.25, 0.3) is 5.69 Å². The molecule has 1 rings (SSSR count). The first-order chi connectivity index (χ1) is 7.34. The molecule has 86 valence electrons. The Morgan fingerprint density at radius 1 is 1.44 bits per heavy atom. The van der Waals surface area contributed by atoms with Crippen LogP contribution in [-0.2, 0) is 4.79 Å². The molecule has 1 atom stereocenters. The van der Waals surface area contributed by atoms with Gasteiger partial charge in [0, 0.05) is 15.0 Å². The third-order valence-corrected chi connectivity index (χ3v) is 2.89. The number of aliphatic hydroxyl groups excluding tert-OH is 1. The average Bonchev–Trinajstić information content (AvgIpc) is 2.15. The van der Waals surface area contributed by atoms with Crippen molar-refractivity contribution < 1.29 is 19.9 Å². The molecule has 0 aliphatic carbocycles. The Bertz CT molecular complexity index is 462. The van der Waals surface area contributed by atoms with Gasteiger partial charge in [0.05, 0.1) is 10.5 Å². The summed E-state index contributed by atoms with van der Waals surface area (Å²) in [5.41, 5.74) is -0.739. The normalized spacial score (nSPS) is 12.2. The van der Waals surface area contributed by atoms with Gasteiger partial charge in [-0.15, -0.1) is 0 Å². The minimum absolute atomic E-state index is 0.156. The van der Waals surface area contributed by atoms with Crippen LogP contribution in [0.15, 0.2) is 21.1 Å². The van der Waals surface area contributed by atoms with E-state index in [1.807, 2.05) is 0 Å². The number of carbonyl (C=O) groups is 1. The van der Waals surface area contributed by atoms with Gasteiger partial charge in [-0.3, -0.25) is 10.1 Å². The number of aliphatic hydroxyl groups is 1. The molecule has 0 aromatic heterocycles. The summed E-state index contributed by atoms with van der Waals surface area (Å²) in [6.45, 7) is 0. The standard InChI is InChI=1S/C8H5Br2NO5/c9-3-1-4(10)6(7(12)8(13)14)5(2-3)11(15)16/h1-2,7,12H,(H,13,14). The van der Waals surface area contributed by atoms with E-state index in [4.69, 9.17) is 5.11 Å². The van der Waals surface area contributed by atoms with Gasteiger partial charge in [0.2, 0.25) is 0 Å². The molecule has 0 spiro atoms. The van der Waals surface area contributed by atoms with E-state index >= 15 is 0 Å². The SMILES string of the molecule is O=C(O)C(O)c1c(Br)cc(Br)cc1[N+](=O)[O-]. The van der Waals surface area contributed by atoms with E-state index in [1.54, 1.807) is 0 Å². The summed E-state index contributed by atoms with van der Waals surface area (Å²) in [5, 5.41) is 28.7. The van der Waals surface area contributed by atoms with Crippen molar-refractivity contribution in [2.24, 2.45) is 0 Å². The average molecular weight is 355 g/mol. The van der Waals surface area contributed by atoms with E-state index in [-0.39, 0.29) is 10.0 Å². The lowest BCUT2D eigenvalue weighted by molar-refractivity contribution is -0.386. The number of rotatable bonds is 3. The number of halogens is 2. The number of carboxylic acids is 1. The zero-order valence-corrected chi connectivity index (χ0v) is 10.7. The quantitative estimate of drug-likeness (QED) is 0.640. The van der Waals surface area contributed by atoms with Gasteiger partial charge < -0.3 is 10.2 Å². The zero-order chi connectivity index (χ0) is 12.5. The van der Waals surface area contributed by atoms with Crippen LogP contribution in [0.1, 0.15) is 11.7 Å². The second-order valence-electron chi connectivity index (χ2n) is 2.82.